The van der Waals surface area contributed by atoms with E-state index in [2.05, 4.69) is 10.6 Å². The minimum Gasteiger partial charge on any atom is -0.450 e. The Bertz CT molecular complexity index is 1450. The second kappa shape index (κ2) is 13.2. The molecule has 2 aromatic rings. The first kappa shape index (κ1) is 31.4. The van der Waals surface area contributed by atoms with Gasteiger partial charge in [0.2, 0.25) is 10.0 Å². The number of carbonyl (C=O) groups excluding carboxylic acids is 4. The predicted molar refractivity (Wildman–Crippen MR) is 158 cm³/mol. The summed E-state index contributed by atoms with van der Waals surface area (Å²) in [5, 5.41) is 5.33. The highest BCUT2D eigenvalue weighted by molar-refractivity contribution is 7.89. The van der Waals surface area contributed by atoms with Crippen molar-refractivity contribution in [3.8, 4) is 0 Å². The van der Waals surface area contributed by atoms with Gasteiger partial charge in [0.1, 0.15) is 5.00 Å². The van der Waals surface area contributed by atoms with Crippen LogP contribution in [0.1, 0.15) is 70.2 Å². The molecule has 0 radical (unpaired) electrons. The number of thiophene rings is 1. The number of hydrogen-bond acceptors (Lipinski definition) is 8. The molecule has 228 valence electrons. The van der Waals surface area contributed by atoms with Crippen molar-refractivity contribution in [1.82, 2.24) is 19.4 Å². The second-order valence-corrected chi connectivity index (χ2v) is 13.6. The third kappa shape index (κ3) is 6.76. The van der Waals surface area contributed by atoms with Crippen LogP contribution in [0.2, 0.25) is 0 Å². The third-order valence-corrected chi connectivity index (χ3v) is 10.6. The van der Waals surface area contributed by atoms with Crippen molar-refractivity contribution < 1.29 is 32.3 Å². The summed E-state index contributed by atoms with van der Waals surface area (Å²) in [6.07, 6.45) is 4.63. The van der Waals surface area contributed by atoms with Gasteiger partial charge in [0, 0.05) is 44.2 Å². The zero-order chi connectivity index (χ0) is 30.6. The second-order valence-electron chi connectivity index (χ2n) is 10.5. The Labute approximate surface area is 250 Å². The Balaban J connectivity index is 1.57. The summed E-state index contributed by atoms with van der Waals surface area (Å²) in [5.74, 6) is -1.22. The average molecular weight is 620 g/mol. The lowest BCUT2D eigenvalue weighted by molar-refractivity contribution is 0.0955. The van der Waals surface area contributed by atoms with Crippen LogP contribution in [0.25, 0.3) is 0 Å². The third-order valence-electron chi connectivity index (χ3n) is 7.55. The first-order valence-corrected chi connectivity index (χ1v) is 16.2. The van der Waals surface area contributed by atoms with Crippen LogP contribution in [0, 0.1) is 0 Å². The van der Waals surface area contributed by atoms with E-state index in [4.69, 9.17) is 4.74 Å². The van der Waals surface area contributed by atoms with Gasteiger partial charge in [-0.1, -0.05) is 19.3 Å². The minimum absolute atomic E-state index is 0.0414. The van der Waals surface area contributed by atoms with Crippen LogP contribution in [0.15, 0.2) is 29.2 Å². The topological polar surface area (TPSA) is 145 Å². The number of fused-ring (bicyclic) bond motifs is 1. The number of sulfonamides is 1. The van der Waals surface area contributed by atoms with Crippen LogP contribution in [0.5, 0.6) is 0 Å². The SMILES string of the molecule is CCOC(=O)N1CCc2c(sc(NC(=O)c3ccc(S(=O)(=O)N(C)C4CCCCC4)cc3)c2C(=O)NC(=O)N(C)C)C1. The molecule has 4 rings (SSSR count). The molecule has 1 aromatic carbocycles. The van der Waals surface area contributed by atoms with E-state index in [0.717, 1.165) is 43.4 Å². The van der Waals surface area contributed by atoms with Crippen molar-refractivity contribution in [2.45, 2.75) is 62.9 Å². The summed E-state index contributed by atoms with van der Waals surface area (Å²) in [4.78, 5) is 54.6. The van der Waals surface area contributed by atoms with Gasteiger partial charge < -0.3 is 19.9 Å². The lowest BCUT2D eigenvalue weighted by Gasteiger charge is -2.30. The van der Waals surface area contributed by atoms with Crippen LogP contribution in [0.4, 0.5) is 14.6 Å². The zero-order valence-electron chi connectivity index (χ0n) is 24.3. The maximum atomic E-state index is 13.3. The number of imide groups is 1. The van der Waals surface area contributed by atoms with Crippen LogP contribution >= 0.6 is 11.3 Å². The van der Waals surface area contributed by atoms with Crippen molar-refractivity contribution in [2.24, 2.45) is 0 Å². The molecule has 0 bridgehead atoms. The standard InChI is InChI=1S/C28H37N5O7S2/c1-5-40-28(37)33-16-15-21-22(17-33)41-26(23(21)25(35)30-27(36)31(2)3)29-24(34)18-11-13-20(14-12-18)42(38,39)32(4)19-9-7-6-8-10-19/h11-14,19H,5-10,15-17H2,1-4H3,(H,29,34)(H,30,35,36). The molecule has 2 aliphatic rings. The quantitative estimate of drug-likeness (QED) is 0.478. The molecule has 1 aliphatic heterocycles. The molecule has 1 saturated carbocycles. The van der Waals surface area contributed by atoms with Crippen molar-refractivity contribution in [2.75, 3.05) is 39.6 Å². The van der Waals surface area contributed by atoms with Gasteiger partial charge in [-0.25, -0.2) is 18.0 Å². The zero-order valence-corrected chi connectivity index (χ0v) is 25.9. The maximum Gasteiger partial charge on any atom is 0.410 e. The highest BCUT2D eigenvalue weighted by Crippen LogP contribution is 2.38. The molecule has 1 aliphatic carbocycles. The highest BCUT2D eigenvalue weighted by atomic mass is 32.2. The largest absolute Gasteiger partial charge is 0.450 e. The van der Waals surface area contributed by atoms with E-state index in [-0.39, 0.29) is 40.2 Å². The summed E-state index contributed by atoms with van der Waals surface area (Å²) in [6.45, 7) is 2.44. The number of amides is 5. The molecule has 12 nitrogen and oxygen atoms in total. The molecule has 0 saturated heterocycles. The van der Waals surface area contributed by atoms with Crippen LogP contribution in [-0.4, -0.2) is 86.8 Å². The van der Waals surface area contributed by atoms with Crippen molar-refractivity contribution in [3.63, 3.8) is 0 Å². The van der Waals surface area contributed by atoms with Gasteiger partial charge in [-0.2, -0.15) is 4.31 Å². The molecule has 2 heterocycles. The monoisotopic (exact) mass is 619 g/mol. The lowest BCUT2D eigenvalue weighted by atomic mass is 9.96. The first-order valence-electron chi connectivity index (χ1n) is 13.9. The predicted octanol–water partition coefficient (Wildman–Crippen LogP) is 3.88. The fraction of sp³-hybridized carbons (Fsp3) is 0.500. The fourth-order valence-corrected chi connectivity index (χ4v) is 7.81. The van der Waals surface area contributed by atoms with E-state index in [9.17, 15) is 27.6 Å². The molecule has 0 atom stereocenters. The molecule has 5 amide bonds. The van der Waals surface area contributed by atoms with E-state index >= 15 is 0 Å². The summed E-state index contributed by atoms with van der Waals surface area (Å²) in [6, 6.07) is 5.02. The molecule has 1 aromatic heterocycles. The van der Waals surface area contributed by atoms with Crippen LogP contribution in [0.3, 0.4) is 0 Å². The smallest absolute Gasteiger partial charge is 0.410 e. The summed E-state index contributed by atoms with van der Waals surface area (Å²) >= 11 is 1.15. The highest BCUT2D eigenvalue weighted by Gasteiger charge is 2.32. The first-order chi connectivity index (χ1) is 19.9. The number of anilines is 1. The fourth-order valence-electron chi connectivity index (χ4n) is 5.13. The molecule has 42 heavy (non-hydrogen) atoms. The molecular weight excluding hydrogens is 582 g/mol. The number of ether oxygens (including phenoxy) is 1. The van der Waals surface area contributed by atoms with Gasteiger partial charge in [0.15, 0.2) is 0 Å². The number of nitrogens with zero attached hydrogens (tertiary/aromatic N) is 3. The Hall–Kier alpha value is -3.49. The maximum absolute atomic E-state index is 13.3. The van der Waals surface area contributed by atoms with Gasteiger partial charge in [-0.3, -0.25) is 14.9 Å². The van der Waals surface area contributed by atoms with Crippen molar-refractivity contribution in [3.05, 3.63) is 45.8 Å². The molecule has 14 heteroatoms. The van der Waals surface area contributed by atoms with Crippen LogP contribution < -0.4 is 10.6 Å². The van der Waals surface area contributed by atoms with E-state index in [1.54, 1.807) is 14.0 Å². The lowest BCUT2D eigenvalue weighted by Crippen LogP contribution is -2.40. The Kier molecular flexibility index (Phi) is 9.89. The Morgan fingerprint density at radius 2 is 1.69 bits per heavy atom. The van der Waals surface area contributed by atoms with E-state index < -0.39 is 34.0 Å². The molecular formula is C28H37N5O7S2. The molecule has 0 spiro atoms. The van der Waals surface area contributed by atoms with Crippen LogP contribution in [-0.2, 0) is 27.7 Å². The minimum atomic E-state index is -3.72. The summed E-state index contributed by atoms with van der Waals surface area (Å²) in [5.41, 5.74) is 1.01. The Morgan fingerprint density at radius 1 is 1.02 bits per heavy atom. The number of hydrogen-bond donors (Lipinski definition) is 2. The Morgan fingerprint density at radius 3 is 2.31 bits per heavy atom. The van der Waals surface area contributed by atoms with Gasteiger partial charge in [-0.15, -0.1) is 11.3 Å². The van der Waals surface area contributed by atoms with Crippen molar-refractivity contribution >= 4 is 50.3 Å². The molecule has 0 unspecified atom stereocenters. The summed E-state index contributed by atoms with van der Waals surface area (Å²) in [7, 11) is 0.880. The van der Waals surface area contributed by atoms with E-state index in [0.29, 0.717) is 23.4 Å². The van der Waals surface area contributed by atoms with Gasteiger partial charge in [-0.05, 0) is 56.0 Å². The summed E-state index contributed by atoms with van der Waals surface area (Å²) < 4.78 is 32.9. The van der Waals surface area contributed by atoms with Gasteiger partial charge in [0.25, 0.3) is 11.8 Å². The number of rotatable bonds is 7. The van der Waals surface area contributed by atoms with Gasteiger partial charge >= 0.3 is 12.1 Å². The normalized spacial score (nSPS) is 15.6. The number of carbonyl (C=O) groups is 4. The number of nitrogens with one attached hydrogen (secondary N) is 2. The molecule has 1 fully saturated rings. The number of benzene rings is 1. The number of urea groups is 1. The van der Waals surface area contributed by atoms with E-state index in [1.165, 1.54) is 52.5 Å². The van der Waals surface area contributed by atoms with Gasteiger partial charge in [0.05, 0.1) is 23.6 Å². The van der Waals surface area contributed by atoms with E-state index in [1.807, 2.05) is 0 Å². The van der Waals surface area contributed by atoms with Crippen molar-refractivity contribution in [1.29, 1.82) is 0 Å². The average Bonchev–Trinajstić information content (AvgIpc) is 3.34. The molecule has 2 N–H and O–H groups in total.